The van der Waals surface area contributed by atoms with Crippen molar-refractivity contribution >= 4 is 11.6 Å². The van der Waals surface area contributed by atoms with Crippen LogP contribution >= 0.6 is 0 Å². The molecule has 0 bridgehead atoms. The molecule has 6 nitrogen and oxygen atoms in total. The van der Waals surface area contributed by atoms with Crippen LogP contribution in [0.3, 0.4) is 0 Å². The number of carbonyl (C=O) groups is 1. The first kappa shape index (κ1) is 29.4. The number of benzene rings is 3. The maximum absolute atomic E-state index is 13.1. The van der Waals surface area contributed by atoms with Gasteiger partial charge in [0, 0.05) is 50.0 Å². The highest BCUT2D eigenvalue weighted by Crippen LogP contribution is 2.32. The third-order valence-electron chi connectivity index (χ3n) is 8.26. The molecule has 0 radical (unpaired) electrons. The largest absolute Gasteiger partial charge is 0.497 e. The van der Waals surface area contributed by atoms with Gasteiger partial charge in [0.2, 0.25) is 0 Å². The topological polar surface area (TPSA) is 50.1 Å². The molecule has 226 valence electrons. The maximum Gasteiger partial charge on any atom is 0.416 e. The average Bonchev–Trinajstić information content (AvgIpc) is 3.39. The molecule has 1 aliphatic heterocycles. The fourth-order valence-corrected chi connectivity index (χ4v) is 5.76. The van der Waals surface area contributed by atoms with E-state index in [4.69, 9.17) is 9.72 Å². The SMILES string of the molecule is COc1cccc(-c2nc3ccc(-c4cc(C)ccc4C)cn3c2CN2CCN(C(=O)c3ccc(C(F)(F)F)cc3)CC2)c1. The number of rotatable bonds is 6. The zero-order valence-electron chi connectivity index (χ0n) is 24.9. The highest BCUT2D eigenvalue weighted by atomic mass is 19.4. The van der Waals surface area contributed by atoms with Gasteiger partial charge in [-0.05, 0) is 79.1 Å². The quantitative estimate of drug-likeness (QED) is 0.206. The monoisotopic (exact) mass is 598 g/mol. The van der Waals surface area contributed by atoms with E-state index < -0.39 is 11.7 Å². The van der Waals surface area contributed by atoms with Gasteiger partial charge in [0.05, 0.1) is 24.1 Å². The summed E-state index contributed by atoms with van der Waals surface area (Å²) >= 11 is 0. The molecule has 0 spiro atoms. The Morgan fingerprint density at radius 1 is 0.886 bits per heavy atom. The Morgan fingerprint density at radius 3 is 2.34 bits per heavy atom. The lowest BCUT2D eigenvalue weighted by Crippen LogP contribution is -2.48. The summed E-state index contributed by atoms with van der Waals surface area (Å²) in [5.41, 5.74) is 7.83. The molecule has 3 heterocycles. The van der Waals surface area contributed by atoms with Gasteiger partial charge >= 0.3 is 6.18 Å². The number of pyridine rings is 1. The van der Waals surface area contributed by atoms with Crippen molar-refractivity contribution in [3.63, 3.8) is 0 Å². The Morgan fingerprint density at radius 2 is 1.64 bits per heavy atom. The van der Waals surface area contributed by atoms with Crippen molar-refractivity contribution in [2.24, 2.45) is 0 Å². The number of ether oxygens (including phenoxy) is 1. The maximum atomic E-state index is 13.1. The van der Waals surface area contributed by atoms with E-state index in [9.17, 15) is 18.0 Å². The minimum atomic E-state index is -4.44. The van der Waals surface area contributed by atoms with Crippen molar-refractivity contribution in [2.45, 2.75) is 26.6 Å². The molecule has 1 amide bonds. The summed E-state index contributed by atoms with van der Waals surface area (Å²) in [5.74, 6) is 0.486. The lowest BCUT2D eigenvalue weighted by Gasteiger charge is -2.34. The minimum Gasteiger partial charge on any atom is -0.497 e. The first-order valence-corrected chi connectivity index (χ1v) is 14.5. The van der Waals surface area contributed by atoms with Crippen LogP contribution in [-0.2, 0) is 12.7 Å². The molecule has 3 aromatic carbocycles. The lowest BCUT2D eigenvalue weighted by atomic mass is 10.00. The van der Waals surface area contributed by atoms with Gasteiger partial charge in [0.15, 0.2) is 0 Å². The van der Waals surface area contributed by atoms with Gasteiger partial charge in [-0.25, -0.2) is 4.98 Å². The number of methoxy groups -OCH3 is 1. The van der Waals surface area contributed by atoms with Crippen molar-refractivity contribution in [3.8, 4) is 28.1 Å². The average molecular weight is 599 g/mol. The third-order valence-corrected chi connectivity index (χ3v) is 8.26. The number of amides is 1. The number of hydrogen-bond donors (Lipinski definition) is 0. The van der Waals surface area contributed by atoms with Crippen LogP contribution in [0.1, 0.15) is 32.7 Å². The molecular formula is C35H33F3N4O2. The van der Waals surface area contributed by atoms with Crippen LogP contribution in [0.5, 0.6) is 5.75 Å². The molecule has 5 aromatic rings. The highest BCUT2D eigenvalue weighted by molar-refractivity contribution is 5.94. The van der Waals surface area contributed by atoms with Crippen molar-refractivity contribution in [2.75, 3.05) is 33.3 Å². The van der Waals surface area contributed by atoms with Crippen LogP contribution in [0.2, 0.25) is 0 Å². The number of hydrogen-bond acceptors (Lipinski definition) is 4. The van der Waals surface area contributed by atoms with Crippen molar-refractivity contribution in [3.05, 3.63) is 113 Å². The van der Waals surface area contributed by atoms with Gasteiger partial charge in [-0.15, -0.1) is 0 Å². The standard InChI is InChI=1S/C35H33F3N4O2/c1-23-7-8-24(2)30(19-23)27-11-14-32-39-33(26-5-4-6-29(20-26)44-3)31(42(32)21-27)22-40-15-17-41(18-16-40)34(43)25-9-12-28(13-10-25)35(36,37)38/h4-14,19-21H,15-18,22H2,1-3H3. The molecule has 0 saturated carbocycles. The number of aromatic nitrogens is 2. The van der Waals surface area contributed by atoms with E-state index in [-0.39, 0.29) is 11.5 Å². The fourth-order valence-electron chi connectivity index (χ4n) is 5.76. The Kier molecular flexibility index (Phi) is 7.90. The number of halogens is 3. The van der Waals surface area contributed by atoms with Crippen LogP contribution in [-0.4, -0.2) is 58.4 Å². The molecule has 0 unspecified atom stereocenters. The number of alkyl halides is 3. The summed E-state index contributed by atoms with van der Waals surface area (Å²) in [6.45, 7) is 6.99. The summed E-state index contributed by atoms with van der Waals surface area (Å²) in [6.07, 6.45) is -2.29. The Labute approximate surface area is 254 Å². The second-order valence-corrected chi connectivity index (χ2v) is 11.2. The number of fused-ring (bicyclic) bond motifs is 1. The van der Waals surface area contributed by atoms with Gasteiger partial charge in [-0.1, -0.05) is 35.9 Å². The fraction of sp³-hybridized carbons (Fsp3) is 0.257. The van der Waals surface area contributed by atoms with E-state index in [0.717, 1.165) is 46.0 Å². The number of carbonyl (C=O) groups excluding carboxylic acids is 1. The number of aryl methyl sites for hydroxylation is 2. The molecule has 44 heavy (non-hydrogen) atoms. The van der Waals surface area contributed by atoms with Crippen molar-refractivity contribution < 1.29 is 22.7 Å². The molecule has 0 atom stereocenters. The summed E-state index contributed by atoms with van der Waals surface area (Å²) in [6, 6.07) is 22.9. The smallest absolute Gasteiger partial charge is 0.416 e. The second-order valence-electron chi connectivity index (χ2n) is 11.2. The Hall–Kier alpha value is -4.63. The highest BCUT2D eigenvalue weighted by Gasteiger charge is 2.31. The van der Waals surface area contributed by atoms with E-state index in [0.29, 0.717) is 32.7 Å². The molecule has 6 rings (SSSR count). The first-order chi connectivity index (χ1) is 21.1. The van der Waals surface area contributed by atoms with Crippen molar-refractivity contribution in [1.82, 2.24) is 19.2 Å². The van der Waals surface area contributed by atoms with E-state index in [1.54, 1.807) is 12.0 Å². The zero-order valence-corrected chi connectivity index (χ0v) is 24.9. The number of piperazine rings is 1. The number of imidazole rings is 1. The van der Waals surface area contributed by atoms with Gasteiger partial charge in [0.25, 0.3) is 5.91 Å². The number of nitrogens with zero attached hydrogens (tertiary/aromatic N) is 4. The molecule has 1 saturated heterocycles. The third kappa shape index (κ3) is 5.92. The molecule has 9 heteroatoms. The summed E-state index contributed by atoms with van der Waals surface area (Å²) in [7, 11) is 1.64. The van der Waals surface area contributed by atoms with Gasteiger partial charge in [-0.2, -0.15) is 13.2 Å². The van der Waals surface area contributed by atoms with Crippen LogP contribution < -0.4 is 4.74 Å². The summed E-state index contributed by atoms with van der Waals surface area (Å²) in [4.78, 5) is 22.1. The predicted octanol–water partition coefficient (Wildman–Crippen LogP) is 7.27. The molecule has 0 aliphatic carbocycles. The zero-order chi connectivity index (χ0) is 31.0. The molecule has 2 aromatic heterocycles. The lowest BCUT2D eigenvalue weighted by molar-refractivity contribution is -0.137. The van der Waals surface area contributed by atoms with Gasteiger partial charge in [-0.3, -0.25) is 9.69 Å². The second kappa shape index (κ2) is 11.8. The van der Waals surface area contributed by atoms with Crippen LogP contribution in [0.4, 0.5) is 13.2 Å². The van der Waals surface area contributed by atoms with Gasteiger partial charge < -0.3 is 14.0 Å². The molecule has 0 N–H and O–H groups in total. The molecular weight excluding hydrogens is 565 g/mol. The van der Waals surface area contributed by atoms with E-state index in [1.165, 1.54) is 28.8 Å². The minimum absolute atomic E-state index is 0.257. The van der Waals surface area contributed by atoms with Crippen LogP contribution in [0.15, 0.2) is 85.1 Å². The van der Waals surface area contributed by atoms with Crippen LogP contribution in [0.25, 0.3) is 28.0 Å². The van der Waals surface area contributed by atoms with E-state index in [2.05, 4.69) is 53.6 Å². The van der Waals surface area contributed by atoms with Crippen molar-refractivity contribution in [1.29, 1.82) is 0 Å². The Balaban J connectivity index is 1.28. The molecule has 1 fully saturated rings. The van der Waals surface area contributed by atoms with Gasteiger partial charge in [0.1, 0.15) is 11.4 Å². The summed E-state index contributed by atoms with van der Waals surface area (Å²) < 4.78 is 46.6. The van der Waals surface area contributed by atoms with E-state index >= 15 is 0 Å². The molecule has 1 aliphatic rings. The van der Waals surface area contributed by atoms with Crippen LogP contribution in [0, 0.1) is 13.8 Å². The first-order valence-electron chi connectivity index (χ1n) is 14.5. The summed E-state index contributed by atoms with van der Waals surface area (Å²) in [5, 5.41) is 0. The Bertz CT molecular complexity index is 1820. The predicted molar refractivity (Wildman–Crippen MR) is 165 cm³/mol. The van der Waals surface area contributed by atoms with E-state index in [1.807, 2.05) is 30.3 Å². The normalized spacial score (nSPS) is 14.3.